The molecule has 25 heavy (non-hydrogen) atoms. The van der Waals surface area contributed by atoms with Gasteiger partial charge in [-0.25, -0.2) is 4.79 Å². The van der Waals surface area contributed by atoms with E-state index in [1.807, 2.05) is 45.0 Å². The van der Waals surface area contributed by atoms with Crippen LogP contribution >= 0.6 is 0 Å². The molecular formula is C20H30N2O3. The monoisotopic (exact) mass is 346 g/mol. The molecule has 1 saturated heterocycles. The maximum atomic E-state index is 12.5. The third-order valence-electron chi connectivity index (χ3n) is 4.07. The molecule has 0 aromatic heterocycles. The second-order valence-electron chi connectivity index (χ2n) is 7.99. The number of carbonyl (C=O) groups excluding carboxylic acids is 2. The van der Waals surface area contributed by atoms with Gasteiger partial charge >= 0.3 is 6.09 Å². The standard InChI is InChI=1S/C20H30N2O3/c1-15(2)14-18(23)16-8-6-7-9-17(16)21-10-12-22(13-11-21)19(24)25-20(3,4)5/h6-9,15H,10-14H2,1-5H3. The van der Waals surface area contributed by atoms with Crippen LogP contribution in [0.15, 0.2) is 24.3 Å². The first kappa shape index (κ1) is 19.3. The van der Waals surface area contributed by atoms with E-state index in [0.29, 0.717) is 38.5 Å². The first-order chi connectivity index (χ1) is 11.7. The number of carbonyl (C=O) groups is 2. The van der Waals surface area contributed by atoms with Crippen LogP contribution in [0.25, 0.3) is 0 Å². The Kier molecular flexibility index (Phi) is 6.09. The number of amides is 1. The van der Waals surface area contributed by atoms with Crippen LogP contribution in [-0.4, -0.2) is 48.6 Å². The van der Waals surface area contributed by atoms with Gasteiger partial charge in [-0.05, 0) is 38.8 Å². The van der Waals surface area contributed by atoms with Gasteiger partial charge < -0.3 is 14.5 Å². The summed E-state index contributed by atoms with van der Waals surface area (Å²) in [6.45, 7) is 12.3. The van der Waals surface area contributed by atoms with Crippen molar-refractivity contribution in [2.24, 2.45) is 5.92 Å². The Balaban J connectivity index is 2.04. The molecule has 0 radical (unpaired) electrons. The van der Waals surface area contributed by atoms with E-state index in [0.717, 1.165) is 11.3 Å². The zero-order chi connectivity index (χ0) is 18.6. The summed E-state index contributed by atoms with van der Waals surface area (Å²) in [7, 11) is 0. The number of piperazine rings is 1. The molecule has 5 heteroatoms. The van der Waals surface area contributed by atoms with Gasteiger partial charge in [0.1, 0.15) is 5.60 Å². The van der Waals surface area contributed by atoms with Crippen LogP contribution in [0.4, 0.5) is 10.5 Å². The molecule has 2 rings (SSSR count). The molecule has 0 bridgehead atoms. The van der Waals surface area contributed by atoms with Gasteiger partial charge in [-0.15, -0.1) is 0 Å². The fraction of sp³-hybridized carbons (Fsp3) is 0.600. The van der Waals surface area contributed by atoms with Crippen LogP contribution in [0.3, 0.4) is 0 Å². The third kappa shape index (κ3) is 5.48. The van der Waals surface area contributed by atoms with Gasteiger partial charge in [0.25, 0.3) is 0 Å². The molecule has 0 atom stereocenters. The molecule has 0 aliphatic carbocycles. The predicted octanol–water partition coefficient (Wildman–Crippen LogP) is 3.97. The van der Waals surface area contributed by atoms with Gasteiger partial charge in [-0.3, -0.25) is 4.79 Å². The van der Waals surface area contributed by atoms with Crippen LogP contribution in [-0.2, 0) is 4.74 Å². The molecule has 1 fully saturated rings. The van der Waals surface area contributed by atoms with Crippen molar-refractivity contribution < 1.29 is 14.3 Å². The molecule has 0 N–H and O–H groups in total. The van der Waals surface area contributed by atoms with Crippen molar-refractivity contribution in [3.05, 3.63) is 29.8 Å². The van der Waals surface area contributed by atoms with E-state index in [2.05, 4.69) is 18.7 Å². The van der Waals surface area contributed by atoms with Gasteiger partial charge in [0.15, 0.2) is 5.78 Å². The Morgan fingerprint density at radius 3 is 2.24 bits per heavy atom. The van der Waals surface area contributed by atoms with E-state index >= 15 is 0 Å². The maximum absolute atomic E-state index is 12.5. The second kappa shape index (κ2) is 7.89. The summed E-state index contributed by atoms with van der Waals surface area (Å²) in [5, 5.41) is 0. The number of benzene rings is 1. The van der Waals surface area contributed by atoms with Gasteiger partial charge in [0.05, 0.1) is 0 Å². The van der Waals surface area contributed by atoms with Gasteiger partial charge in [0.2, 0.25) is 0 Å². The average molecular weight is 346 g/mol. The molecule has 1 aromatic carbocycles. The van der Waals surface area contributed by atoms with Crippen LogP contribution in [0.5, 0.6) is 0 Å². The zero-order valence-corrected chi connectivity index (χ0v) is 16.0. The fourth-order valence-corrected chi connectivity index (χ4v) is 2.92. The van der Waals surface area contributed by atoms with Gasteiger partial charge in [0, 0.05) is 43.9 Å². The lowest BCUT2D eigenvalue weighted by Gasteiger charge is -2.37. The lowest BCUT2D eigenvalue weighted by Crippen LogP contribution is -2.50. The quantitative estimate of drug-likeness (QED) is 0.774. The lowest BCUT2D eigenvalue weighted by molar-refractivity contribution is 0.0240. The first-order valence-corrected chi connectivity index (χ1v) is 9.02. The molecule has 0 unspecified atom stereocenters. The van der Waals surface area contributed by atoms with Crippen LogP contribution in [0.1, 0.15) is 51.4 Å². The molecule has 1 aromatic rings. The second-order valence-corrected chi connectivity index (χ2v) is 7.99. The summed E-state index contributed by atoms with van der Waals surface area (Å²) in [6, 6.07) is 7.77. The highest BCUT2D eigenvalue weighted by Crippen LogP contribution is 2.24. The van der Waals surface area contributed by atoms with E-state index < -0.39 is 5.60 Å². The summed E-state index contributed by atoms with van der Waals surface area (Å²) in [6.07, 6.45) is 0.283. The number of para-hydroxylation sites is 1. The first-order valence-electron chi connectivity index (χ1n) is 9.02. The molecule has 0 spiro atoms. The Morgan fingerprint density at radius 2 is 1.68 bits per heavy atom. The van der Waals surface area contributed by atoms with Crippen molar-refractivity contribution in [3.8, 4) is 0 Å². The van der Waals surface area contributed by atoms with E-state index in [9.17, 15) is 9.59 Å². The Morgan fingerprint density at radius 1 is 1.08 bits per heavy atom. The minimum atomic E-state index is -0.482. The number of ketones is 1. The van der Waals surface area contributed by atoms with Crippen molar-refractivity contribution >= 4 is 17.6 Å². The minimum absolute atomic E-state index is 0.181. The smallest absolute Gasteiger partial charge is 0.410 e. The molecule has 0 saturated carbocycles. The van der Waals surface area contributed by atoms with Gasteiger partial charge in [-0.1, -0.05) is 26.0 Å². The number of ether oxygens (including phenoxy) is 1. The molecule has 138 valence electrons. The Labute approximate surface area is 150 Å². The van der Waals surface area contributed by atoms with Crippen molar-refractivity contribution in [1.82, 2.24) is 4.90 Å². The predicted molar refractivity (Wildman–Crippen MR) is 100 cm³/mol. The maximum Gasteiger partial charge on any atom is 0.410 e. The summed E-state index contributed by atoms with van der Waals surface area (Å²) in [4.78, 5) is 28.6. The summed E-state index contributed by atoms with van der Waals surface area (Å²) in [5.41, 5.74) is 1.27. The Hall–Kier alpha value is -2.04. The highest BCUT2D eigenvalue weighted by atomic mass is 16.6. The molecular weight excluding hydrogens is 316 g/mol. The number of nitrogens with zero attached hydrogens (tertiary/aromatic N) is 2. The average Bonchev–Trinajstić information content (AvgIpc) is 2.53. The van der Waals surface area contributed by atoms with Crippen LogP contribution in [0, 0.1) is 5.92 Å². The van der Waals surface area contributed by atoms with E-state index in [-0.39, 0.29) is 11.9 Å². The topological polar surface area (TPSA) is 49.9 Å². The highest BCUT2D eigenvalue weighted by Gasteiger charge is 2.27. The summed E-state index contributed by atoms with van der Waals surface area (Å²) in [5.74, 6) is 0.518. The fourth-order valence-electron chi connectivity index (χ4n) is 2.92. The molecule has 5 nitrogen and oxygen atoms in total. The number of hydrogen-bond acceptors (Lipinski definition) is 4. The van der Waals surface area contributed by atoms with Crippen LogP contribution in [0.2, 0.25) is 0 Å². The van der Waals surface area contributed by atoms with Crippen LogP contribution < -0.4 is 4.90 Å². The highest BCUT2D eigenvalue weighted by molar-refractivity contribution is 6.01. The summed E-state index contributed by atoms with van der Waals surface area (Å²) >= 11 is 0. The molecule has 1 aliphatic rings. The molecule has 1 heterocycles. The van der Waals surface area contributed by atoms with Crippen molar-refractivity contribution in [1.29, 1.82) is 0 Å². The van der Waals surface area contributed by atoms with E-state index in [1.165, 1.54) is 0 Å². The molecule has 1 amide bonds. The zero-order valence-electron chi connectivity index (χ0n) is 16.0. The Bertz CT molecular complexity index is 612. The lowest BCUT2D eigenvalue weighted by atomic mass is 9.99. The number of hydrogen-bond donors (Lipinski definition) is 0. The van der Waals surface area contributed by atoms with Crippen molar-refractivity contribution in [2.75, 3.05) is 31.1 Å². The van der Waals surface area contributed by atoms with Crippen molar-refractivity contribution in [2.45, 2.75) is 46.6 Å². The number of rotatable bonds is 4. The number of Topliss-reactive ketones (excluding diaryl/α,β-unsaturated/α-hetero) is 1. The molecule has 1 aliphatic heterocycles. The van der Waals surface area contributed by atoms with Crippen molar-refractivity contribution in [3.63, 3.8) is 0 Å². The third-order valence-corrected chi connectivity index (χ3v) is 4.07. The van der Waals surface area contributed by atoms with Gasteiger partial charge in [-0.2, -0.15) is 0 Å². The summed E-state index contributed by atoms with van der Waals surface area (Å²) < 4.78 is 5.44. The number of anilines is 1. The normalized spacial score (nSPS) is 15.4. The van der Waals surface area contributed by atoms with E-state index in [4.69, 9.17) is 4.74 Å². The SMILES string of the molecule is CC(C)CC(=O)c1ccccc1N1CCN(C(=O)OC(C)(C)C)CC1. The van der Waals surface area contributed by atoms with E-state index in [1.54, 1.807) is 4.90 Å². The minimum Gasteiger partial charge on any atom is -0.444 e. The largest absolute Gasteiger partial charge is 0.444 e.